The Morgan fingerprint density at radius 3 is 1.35 bits per heavy atom. The van der Waals surface area contributed by atoms with Gasteiger partial charge in [-0.1, -0.05) is 38.2 Å². The summed E-state index contributed by atoms with van der Waals surface area (Å²) in [6, 6.07) is 0. The molecule has 0 saturated heterocycles. The van der Waals surface area contributed by atoms with E-state index in [1.54, 1.807) is 0 Å². The predicted molar refractivity (Wildman–Crippen MR) is 77.1 cm³/mol. The van der Waals surface area contributed by atoms with Crippen molar-refractivity contribution in [2.24, 2.45) is 0 Å². The standard InChI is InChI=1S/C8H12.2C4H7.Ru/c1-2-4-6-8-7-5-3-1;2*1-4(2)3;/h1-4H,5-8H2;2*1-2H2,3H3;/q;2*-1;+2. The smallest absolute Gasteiger partial charge is 0.242 e. The van der Waals surface area contributed by atoms with E-state index in [-0.39, 0.29) is 19.5 Å². The maximum Gasteiger partial charge on any atom is 2.00 e. The fourth-order valence-electron chi connectivity index (χ4n) is 0.874. The molecule has 1 heteroatoms. The largest absolute Gasteiger partial charge is 2.00 e. The molecule has 0 aromatic carbocycles. The zero-order valence-corrected chi connectivity index (χ0v) is 13.1. The van der Waals surface area contributed by atoms with Crippen molar-refractivity contribution >= 4 is 0 Å². The van der Waals surface area contributed by atoms with Gasteiger partial charge in [-0.3, -0.25) is 0 Å². The molecule has 17 heavy (non-hydrogen) atoms. The van der Waals surface area contributed by atoms with Gasteiger partial charge in [0, 0.05) is 0 Å². The van der Waals surface area contributed by atoms with Crippen molar-refractivity contribution in [1.82, 2.24) is 0 Å². The molecule has 0 radical (unpaired) electrons. The summed E-state index contributed by atoms with van der Waals surface area (Å²) in [6.45, 7) is 17.5. The van der Waals surface area contributed by atoms with Crippen LogP contribution in [0.1, 0.15) is 39.5 Å². The van der Waals surface area contributed by atoms with E-state index < -0.39 is 0 Å². The van der Waals surface area contributed by atoms with Gasteiger partial charge in [0.25, 0.3) is 0 Å². The molecule has 0 N–H and O–H groups in total. The van der Waals surface area contributed by atoms with Crippen LogP contribution in [-0.4, -0.2) is 0 Å². The van der Waals surface area contributed by atoms with Crippen LogP contribution in [0.4, 0.5) is 0 Å². The van der Waals surface area contributed by atoms with Crippen LogP contribution in [0, 0.1) is 13.8 Å². The minimum absolute atomic E-state index is 0. The van der Waals surface area contributed by atoms with Crippen LogP contribution in [0.15, 0.2) is 48.6 Å². The summed E-state index contributed by atoms with van der Waals surface area (Å²) in [5.41, 5.74) is 1.83. The summed E-state index contributed by atoms with van der Waals surface area (Å²) >= 11 is 0. The summed E-state index contributed by atoms with van der Waals surface area (Å²) in [6.07, 6.45) is 14.0. The second kappa shape index (κ2) is 17.7. The maximum atomic E-state index is 3.44. The average Bonchev–Trinajstić information content (AvgIpc) is 1.98. The summed E-state index contributed by atoms with van der Waals surface area (Å²) in [4.78, 5) is 0. The van der Waals surface area contributed by atoms with Gasteiger partial charge in [0.1, 0.15) is 0 Å². The van der Waals surface area contributed by atoms with Gasteiger partial charge in [0.05, 0.1) is 0 Å². The first-order valence-electron chi connectivity index (χ1n) is 5.73. The first kappa shape index (κ1) is 21.6. The average molecular weight is 319 g/mol. The van der Waals surface area contributed by atoms with E-state index in [0.29, 0.717) is 0 Å². The Morgan fingerprint density at radius 2 is 1.12 bits per heavy atom. The quantitative estimate of drug-likeness (QED) is 0.410. The van der Waals surface area contributed by atoms with E-state index in [1.807, 2.05) is 13.8 Å². The normalized spacial score (nSPS) is 12.4. The van der Waals surface area contributed by atoms with E-state index in [9.17, 15) is 0 Å². The number of hydrogen-bond donors (Lipinski definition) is 0. The van der Waals surface area contributed by atoms with Crippen LogP contribution < -0.4 is 0 Å². The van der Waals surface area contributed by atoms with Crippen LogP contribution in [0.2, 0.25) is 0 Å². The minimum atomic E-state index is 0. The Balaban J connectivity index is -0.000000189. The molecule has 0 saturated carbocycles. The molecule has 0 nitrogen and oxygen atoms in total. The third-order valence-electron chi connectivity index (χ3n) is 1.37. The molecule has 0 aromatic rings. The molecule has 1 aliphatic carbocycles. The summed E-state index contributed by atoms with van der Waals surface area (Å²) in [5, 5.41) is 0. The molecule has 0 amide bonds. The van der Waals surface area contributed by atoms with Crippen LogP contribution >= 0.6 is 0 Å². The first-order chi connectivity index (χ1) is 7.46. The minimum Gasteiger partial charge on any atom is -0.242 e. The molecule has 1 rings (SSSR count). The van der Waals surface area contributed by atoms with Crippen molar-refractivity contribution in [3.05, 3.63) is 62.5 Å². The second-order valence-corrected chi connectivity index (χ2v) is 4.05. The maximum absolute atomic E-state index is 3.44. The molecule has 0 atom stereocenters. The molecule has 0 aliphatic heterocycles. The van der Waals surface area contributed by atoms with Crippen molar-refractivity contribution in [1.29, 1.82) is 0 Å². The Labute approximate surface area is 121 Å². The van der Waals surface area contributed by atoms with Crippen LogP contribution in [-0.2, 0) is 19.5 Å². The van der Waals surface area contributed by atoms with Crippen molar-refractivity contribution in [2.75, 3.05) is 0 Å². The van der Waals surface area contributed by atoms with Gasteiger partial charge in [0.15, 0.2) is 0 Å². The van der Waals surface area contributed by atoms with Gasteiger partial charge in [-0.05, 0) is 25.7 Å². The Bertz CT molecular complexity index is 200. The first-order valence-corrected chi connectivity index (χ1v) is 5.73. The van der Waals surface area contributed by atoms with E-state index in [2.05, 4.69) is 51.3 Å². The van der Waals surface area contributed by atoms with Gasteiger partial charge in [0.2, 0.25) is 0 Å². The SMILES string of the molecule is C1=CCCCCC=C1.C=C([CH2-])C.C=C([CH2-])C.[Ru+2]. The van der Waals surface area contributed by atoms with Crippen LogP contribution in [0.25, 0.3) is 0 Å². The molecular formula is C16H26Ru. The van der Waals surface area contributed by atoms with E-state index >= 15 is 0 Å². The third-order valence-corrected chi connectivity index (χ3v) is 1.37. The zero-order valence-electron chi connectivity index (χ0n) is 11.3. The topological polar surface area (TPSA) is 0 Å². The molecule has 0 spiro atoms. The van der Waals surface area contributed by atoms with Crippen molar-refractivity contribution < 1.29 is 19.5 Å². The van der Waals surface area contributed by atoms with Gasteiger partial charge >= 0.3 is 19.5 Å². The van der Waals surface area contributed by atoms with E-state index in [4.69, 9.17) is 0 Å². The molecule has 0 unspecified atom stereocenters. The molecular weight excluding hydrogens is 293 g/mol. The van der Waals surface area contributed by atoms with E-state index in [0.717, 1.165) is 11.1 Å². The predicted octanol–water partition coefficient (Wildman–Crippen LogP) is 5.46. The van der Waals surface area contributed by atoms with Crippen molar-refractivity contribution in [3.63, 3.8) is 0 Å². The molecule has 98 valence electrons. The van der Waals surface area contributed by atoms with Crippen LogP contribution in [0.3, 0.4) is 0 Å². The van der Waals surface area contributed by atoms with E-state index in [1.165, 1.54) is 25.7 Å². The zero-order chi connectivity index (χ0) is 12.8. The third kappa shape index (κ3) is 50.7. The van der Waals surface area contributed by atoms with Gasteiger partial charge in [-0.25, -0.2) is 38.2 Å². The fraction of sp³-hybridized carbons (Fsp3) is 0.375. The van der Waals surface area contributed by atoms with Gasteiger partial charge in [-0.2, -0.15) is 0 Å². The van der Waals surface area contributed by atoms with Crippen LogP contribution in [0.5, 0.6) is 0 Å². The molecule has 0 heterocycles. The van der Waals surface area contributed by atoms with Crippen molar-refractivity contribution in [3.8, 4) is 0 Å². The summed E-state index contributed by atoms with van der Waals surface area (Å²) in [5.74, 6) is 0. The fourth-order valence-corrected chi connectivity index (χ4v) is 0.874. The van der Waals surface area contributed by atoms with Gasteiger partial charge in [-0.15, -0.1) is 0 Å². The number of rotatable bonds is 0. The number of allylic oxidation sites excluding steroid dienone is 6. The monoisotopic (exact) mass is 320 g/mol. The van der Waals surface area contributed by atoms with Crippen molar-refractivity contribution in [2.45, 2.75) is 39.5 Å². The molecule has 0 bridgehead atoms. The Hall–Kier alpha value is -0.677. The van der Waals surface area contributed by atoms with Gasteiger partial charge < -0.3 is 0 Å². The molecule has 0 fully saturated rings. The molecule has 0 aromatic heterocycles. The Morgan fingerprint density at radius 1 is 0.882 bits per heavy atom. The summed E-state index contributed by atoms with van der Waals surface area (Å²) < 4.78 is 0. The Kier molecular flexibility index (Phi) is 22.5. The summed E-state index contributed by atoms with van der Waals surface area (Å²) in [7, 11) is 0. The second-order valence-electron chi connectivity index (χ2n) is 4.05. The molecule has 1 aliphatic rings. The number of hydrogen-bond acceptors (Lipinski definition) is 0.